The molecule has 0 aromatic rings. The van der Waals surface area contributed by atoms with Crippen LogP contribution in [0.15, 0.2) is 0 Å². The number of hydrogen-bond donors (Lipinski definition) is 0. The van der Waals surface area contributed by atoms with Gasteiger partial charge in [0.2, 0.25) is 0 Å². The molecule has 0 aromatic heterocycles. The largest absolute Gasteiger partial charge is 0.251 e. The van der Waals surface area contributed by atoms with Crippen LogP contribution in [-0.2, 0) is 9.84 Å². The summed E-state index contributed by atoms with van der Waals surface area (Å²) in [5.41, 5.74) is 0. The van der Waals surface area contributed by atoms with Crippen LogP contribution in [0.3, 0.4) is 0 Å². The maximum absolute atomic E-state index is 10.3. The van der Waals surface area contributed by atoms with E-state index in [-0.39, 0.29) is 6.67 Å². The minimum atomic E-state index is -2.67. The molecule has 0 fully saturated rings. The molecule has 0 N–H and O–H groups in total. The molecule has 0 aliphatic carbocycles. The van der Waals surface area contributed by atoms with Crippen LogP contribution in [0.4, 0.5) is 4.39 Å². The summed E-state index contributed by atoms with van der Waals surface area (Å²) in [4.78, 5) is 0. The van der Waals surface area contributed by atoms with E-state index in [9.17, 15) is 12.8 Å². The Morgan fingerprint density at radius 1 is 1.38 bits per heavy atom. The van der Waals surface area contributed by atoms with E-state index in [4.69, 9.17) is 0 Å². The van der Waals surface area contributed by atoms with E-state index in [1.165, 1.54) is 6.92 Å². The Labute approximate surface area is 49.6 Å². The van der Waals surface area contributed by atoms with Gasteiger partial charge in [-0.15, -0.1) is 0 Å². The second kappa shape index (κ2) is 5.03. The van der Waals surface area contributed by atoms with Crippen LogP contribution in [0, 0.1) is 0 Å². The summed E-state index contributed by atoms with van der Waals surface area (Å²) >= 11 is 0. The van der Waals surface area contributed by atoms with Crippen LogP contribution in [0.2, 0.25) is 0 Å². The van der Waals surface area contributed by atoms with Crippen molar-refractivity contribution in [1.82, 2.24) is 0 Å². The molecule has 0 aliphatic rings. The van der Waals surface area contributed by atoms with Crippen molar-refractivity contribution in [1.29, 1.82) is 0 Å². The van der Waals surface area contributed by atoms with Crippen LogP contribution in [0.5, 0.6) is 0 Å². The van der Waals surface area contributed by atoms with Crippen LogP contribution >= 0.6 is 0 Å². The van der Waals surface area contributed by atoms with Gasteiger partial charge in [0.05, 0.1) is 6.67 Å². The van der Waals surface area contributed by atoms with Gasteiger partial charge in [-0.2, -0.15) is 0 Å². The molecule has 4 heteroatoms. The van der Waals surface area contributed by atoms with Gasteiger partial charge >= 0.3 is 0 Å². The van der Waals surface area contributed by atoms with Crippen molar-refractivity contribution in [3.05, 3.63) is 0 Å². The summed E-state index contributed by atoms with van der Waals surface area (Å²) < 4.78 is 29.6. The summed E-state index contributed by atoms with van der Waals surface area (Å²) in [5.74, 6) is 0. The zero-order valence-corrected chi connectivity index (χ0v) is 6.13. The highest BCUT2D eigenvalue weighted by molar-refractivity contribution is 7.89. The fourth-order valence-corrected chi connectivity index (χ4v) is 0. The van der Waals surface area contributed by atoms with Crippen molar-refractivity contribution in [2.75, 3.05) is 19.2 Å². The quantitative estimate of drug-likeness (QED) is 0.497. The van der Waals surface area contributed by atoms with Gasteiger partial charge in [-0.05, 0) is 6.92 Å². The normalized spacial score (nSPS) is 9.50. The topological polar surface area (TPSA) is 34.1 Å². The SMILES string of the molecule is CCF.CS(C)(=O)=O. The van der Waals surface area contributed by atoms with Crippen LogP contribution < -0.4 is 0 Å². The van der Waals surface area contributed by atoms with Gasteiger partial charge in [0.15, 0.2) is 0 Å². The maximum atomic E-state index is 10.3. The molecule has 0 spiro atoms. The van der Waals surface area contributed by atoms with Crippen molar-refractivity contribution >= 4 is 9.84 Å². The van der Waals surface area contributed by atoms with Gasteiger partial charge in [0, 0.05) is 12.5 Å². The number of rotatable bonds is 0. The minimum absolute atomic E-state index is 0.250. The molecule has 0 radical (unpaired) electrons. The molecule has 0 rings (SSSR count). The molecule has 0 heterocycles. The summed E-state index contributed by atoms with van der Waals surface area (Å²) in [6.45, 7) is 1.21. The lowest BCUT2D eigenvalue weighted by atomic mass is 10.9. The average Bonchev–Trinajstić information content (AvgIpc) is 1.27. The molecule has 0 saturated carbocycles. The van der Waals surface area contributed by atoms with Crippen molar-refractivity contribution in [2.45, 2.75) is 6.92 Å². The highest BCUT2D eigenvalue weighted by Crippen LogP contribution is 1.61. The van der Waals surface area contributed by atoms with Crippen LogP contribution in [0.1, 0.15) is 6.92 Å². The average molecular weight is 142 g/mol. The summed E-state index contributed by atoms with van der Waals surface area (Å²) in [7, 11) is -2.67. The number of sulfone groups is 1. The fourth-order valence-electron chi connectivity index (χ4n) is 0. The lowest BCUT2D eigenvalue weighted by molar-refractivity contribution is 0.527. The molecular weight excluding hydrogens is 131 g/mol. The lowest BCUT2D eigenvalue weighted by Gasteiger charge is -1.69. The van der Waals surface area contributed by atoms with Crippen LogP contribution in [0.25, 0.3) is 0 Å². The van der Waals surface area contributed by atoms with Crippen LogP contribution in [-0.4, -0.2) is 27.6 Å². The molecule has 0 unspecified atom stereocenters. The van der Waals surface area contributed by atoms with Gasteiger partial charge in [0.1, 0.15) is 9.84 Å². The molecule has 8 heavy (non-hydrogen) atoms. The van der Waals surface area contributed by atoms with Crippen molar-refractivity contribution in [2.24, 2.45) is 0 Å². The van der Waals surface area contributed by atoms with E-state index in [0.717, 1.165) is 12.5 Å². The zero-order chi connectivity index (χ0) is 7.21. The van der Waals surface area contributed by atoms with E-state index in [1.54, 1.807) is 0 Å². The summed E-state index contributed by atoms with van der Waals surface area (Å²) in [6.07, 6.45) is 2.32. The number of alkyl halides is 1. The first-order valence-corrected chi connectivity index (χ1v) is 4.42. The Balaban J connectivity index is 0. The second-order valence-corrected chi connectivity index (χ2v) is 3.70. The summed E-state index contributed by atoms with van der Waals surface area (Å²) in [6, 6.07) is 0. The van der Waals surface area contributed by atoms with Gasteiger partial charge < -0.3 is 0 Å². The third kappa shape index (κ3) is 9720. The molecular formula is C4H11FO2S. The maximum Gasteiger partial charge on any atom is 0.144 e. The molecule has 0 amide bonds. The molecule has 0 aromatic carbocycles. The molecule has 0 saturated heterocycles. The Bertz CT molecular complexity index is 108. The first-order chi connectivity index (χ1) is 3.41. The van der Waals surface area contributed by atoms with E-state index in [0.29, 0.717) is 0 Å². The van der Waals surface area contributed by atoms with Crippen molar-refractivity contribution in [3.63, 3.8) is 0 Å². The first-order valence-electron chi connectivity index (χ1n) is 2.12. The fraction of sp³-hybridized carbons (Fsp3) is 1.00. The minimum Gasteiger partial charge on any atom is -0.251 e. The Morgan fingerprint density at radius 2 is 1.38 bits per heavy atom. The molecule has 0 aliphatic heterocycles. The predicted molar refractivity (Wildman–Crippen MR) is 32.4 cm³/mol. The first kappa shape index (κ1) is 10.8. The van der Waals surface area contributed by atoms with E-state index < -0.39 is 9.84 Å². The second-order valence-electron chi connectivity index (χ2n) is 1.41. The Kier molecular flexibility index (Phi) is 6.78. The zero-order valence-electron chi connectivity index (χ0n) is 5.31. The smallest absolute Gasteiger partial charge is 0.144 e. The monoisotopic (exact) mass is 142 g/mol. The molecule has 0 atom stereocenters. The van der Waals surface area contributed by atoms with E-state index >= 15 is 0 Å². The Hall–Kier alpha value is -0.120. The Morgan fingerprint density at radius 3 is 1.38 bits per heavy atom. The highest BCUT2D eigenvalue weighted by Gasteiger charge is 1.79. The summed E-state index contributed by atoms with van der Waals surface area (Å²) in [5, 5.41) is 0. The van der Waals surface area contributed by atoms with Gasteiger partial charge in [-0.25, -0.2) is 8.42 Å². The predicted octanol–water partition coefficient (Wildman–Crippen LogP) is 0.637. The number of hydrogen-bond acceptors (Lipinski definition) is 2. The third-order valence-corrected chi connectivity index (χ3v) is 0. The standard InChI is InChI=1S/C2H5F.C2H6O2S/c1-2-3;1-5(2,3)4/h2H2,1H3;1-2H3. The van der Waals surface area contributed by atoms with E-state index in [1.807, 2.05) is 0 Å². The highest BCUT2D eigenvalue weighted by atomic mass is 32.2. The van der Waals surface area contributed by atoms with E-state index in [2.05, 4.69) is 0 Å². The van der Waals surface area contributed by atoms with Gasteiger partial charge in [-0.1, -0.05) is 0 Å². The number of halogens is 1. The third-order valence-electron chi connectivity index (χ3n) is 0. The molecule has 52 valence electrons. The van der Waals surface area contributed by atoms with Gasteiger partial charge in [-0.3, -0.25) is 4.39 Å². The van der Waals surface area contributed by atoms with Crippen molar-refractivity contribution < 1.29 is 12.8 Å². The lowest BCUT2D eigenvalue weighted by Crippen LogP contribution is -1.86. The van der Waals surface area contributed by atoms with Gasteiger partial charge in [0.25, 0.3) is 0 Å². The van der Waals surface area contributed by atoms with Crippen molar-refractivity contribution in [3.8, 4) is 0 Å². The molecule has 0 bridgehead atoms. The molecule has 2 nitrogen and oxygen atoms in total.